The van der Waals surface area contributed by atoms with E-state index < -0.39 is 35.6 Å². The highest BCUT2D eigenvalue weighted by atomic mass is 16.5. The fourth-order valence-corrected chi connectivity index (χ4v) is 5.57. The van der Waals surface area contributed by atoms with Crippen molar-refractivity contribution in [3.8, 4) is 22.5 Å². The van der Waals surface area contributed by atoms with E-state index in [0.29, 0.717) is 17.8 Å². The fourth-order valence-electron chi connectivity index (χ4n) is 5.57. The first-order valence-electron chi connectivity index (χ1n) is 14.8. The number of benzene rings is 2. The second-order valence-electron chi connectivity index (χ2n) is 12.1. The van der Waals surface area contributed by atoms with Crippen molar-refractivity contribution in [1.29, 1.82) is 0 Å². The first-order valence-corrected chi connectivity index (χ1v) is 14.8. The first-order chi connectivity index (χ1) is 20.7. The second-order valence-corrected chi connectivity index (χ2v) is 12.1. The average molecular weight is 586 g/mol. The Bertz CT molecular complexity index is 1490. The molecular weight excluding hydrogens is 546 g/mol. The molecule has 6 bridgehead atoms. The number of methoxy groups -OCH3 is 1. The van der Waals surface area contributed by atoms with Crippen LogP contribution in [-0.2, 0) is 19.1 Å². The van der Waals surface area contributed by atoms with Gasteiger partial charge in [0.05, 0.1) is 19.8 Å². The number of cyclic esters (lactones) is 1. The molecule has 1 N–H and O–H groups in total. The maximum absolute atomic E-state index is 14.1. The van der Waals surface area contributed by atoms with Gasteiger partial charge in [0.25, 0.3) is 0 Å². The van der Waals surface area contributed by atoms with Gasteiger partial charge >= 0.3 is 12.1 Å². The molecule has 1 saturated heterocycles. The number of carbonyl (C=O) groups excluding carboxylic acids is 3. The molecule has 3 aromatic rings. The largest absolute Gasteiger partial charge is 0.467 e. The molecule has 1 aromatic heterocycles. The summed E-state index contributed by atoms with van der Waals surface area (Å²) in [7, 11) is 1.31. The van der Waals surface area contributed by atoms with Gasteiger partial charge in [0, 0.05) is 24.1 Å². The smallest absolute Gasteiger partial charge is 0.407 e. The van der Waals surface area contributed by atoms with Gasteiger partial charge in [-0.05, 0) is 36.3 Å². The number of aromatic nitrogens is 3. The molecule has 0 radical (unpaired) electrons. The molecule has 0 unspecified atom stereocenters. The number of nitrogens with one attached hydrogen (secondary N) is 1. The highest BCUT2D eigenvalue weighted by molar-refractivity contribution is 5.91. The Morgan fingerprint density at radius 3 is 2.44 bits per heavy atom. The summed E-state index contributed by atoms with van der Waals surface area (Å²) in [6, 6.07) is 15.8. The Hall–Kier alpha value is -4.47. The van der Waals surface area contributed by atoms with Crippen molar-refractivity contribution in [2.45, 2.75) is 64.6 Å². The number of rotatable bonds is 2. The van der Waals surface area contributed by atoms with E-state index in [1.54, 1.807) is 4.80 Å². The minimum absolute atomic E-state index is 0.174. The molecule has 10 nitrogen and oxygen atoms in total. The average Bonchev–Trinajstić information content (AvgIpc) is 3.64. The third-order valence-corrected chi connectivity index (χ3v) is 7.88. The molecule has 2 amide bonds. The molecule has 2 aromatic carbocycles. The van der Waals surface area contributed by atoms with Crippen molar-refractivity contribution < 1.29 is 23.9 Å². The van der Waals surface area contributed by atoms with Crippen LogP contribution in [0, 0.1) is 5.41 Å². The van der Waals surface area contributed by atoms with Gasteiger partial charge in [-0.15, -0.1) is 0 Å². The Balaban J connectivity index is 1.60. The lowest BCUT2D eigenvalue weighted by Crippen LogP contribution is -2.57. The van der Waals surface area contributed by atoms with Crippen LogP contribution >= 0.6 is 0 Å². The maximum Gasteiger partial charge on any atom is 0.407 e. The van der Waals surface area contributed by atoms with E-state index in [1.165, 1.54) is 12.0 Å². The van der Waals surface area contributed by atoms with E-state index in [0.717, 1.165) is 29.5 Å². The molecule has 0 spiro atoms. The fraction of sp³-hybridized carbons (Fsp3) is 0.424. The number of nitrogens with zero attached hydrogens (tertiary/aromatic N) is 4. The molecule has 3 atom stereocenters. The molecule has 226 valence electrons. The minimum atomic E-state index is -0.928. The number of esters is 1. The van der Waals surface area contributed by atoms with E-state index in [9.17, 15) is 14.4 Å². The molecule has 10 heteroatoms. The van der Waals surface area contributed by atoms with Crippen LogP contribution in [0.1, 0.15) is 58.1 Å². The summed E-state index contributed by atoms with van der Waals surface area (Å²) in [6.07, 6.45) is 6.16. The number of allylic oxidation sites excluding steroid dienone is 1. The van der Waals surface area contributed by atoms with Gasteiger partial charge in [0.2, 0.25) is 5.91 Å². The number of fused-ring (bicyclic) bond motifs is 8. The summed E-state index contributed by atoms with van der Waals surface area (Å²) in [4.78, 5) is 42.9. The minimum Gasteiger partial charge on any atom is -0.467 e. The van der Waals surface area contributed by atoms with Crippen molar-refractivity contribution in [1.82, 2.24) is 25.2 Å². The molecular formula is C33H39N5O5. The molecule has 2 aliphatic heterocycles. The van der Waals surface area contributed by atoms with E-state index >= 15 is 0 Å². The quantitative estimate of drug-likeness (QED) is 0.408. The second kappa shape index (κ2) is 12.8. The number of hydrogen-bond acceptors (Lipinski definition) is 7. The van der Waals surface area contributed by atoms with Crippen molar-refractivity contribution in [2.75, 3.05) is 20.3 Å². The third-order valence-electron chi connectivity index (χ3n) is 7.88. The van der Waals surface area contributed by atoms with E-state index in [-0.39, 0.29) is 25.5 Å². The summed E-state index contributed by atoms with van der Waals surface area (Å²) < 4.78 is 10.5. The Labute approximate surface area is 252 Å². The number of amides is 2. The van der Waals surface area contributed by atoms with Gasteiger partial charge in [0.15, 0.2) is 0 Å². The summed E-state index contributed by atoms with van der Waals surface area (Å²) in [5, 5.41) is 12.7. The molecule has 2 aliphatic rings. The third kappa shape index (κ3) is 6.79. The Morgan fingerprint density at radius 2 is 1.72 bits per heavy atom. The van der Waals surface area contributed by atoms with Crippen LogP contribution in [0.2, 0.25) is 0 Å². The van der Waals surface area contributed by atoms with Crippen LogP contribution in [0.3, 0.4) is 0 Å². The molecule has 5 rings (SSSR count). The zero-order valence-corrected chi connectivity index (χ0v) is 25.2. The lowest BCUT2D eigenvalue weighted by Gasteiger charge is -2.34. The Morgan fingerprint density at radius 1 is 1.00 bits per heavy atom. The van der Waals surface area contributed by atoms with Gasteiger partial charge in [-0.25, -0.2) is 9.59 Å². The monoisotopic (exact) mass is 585 g/mol. The van der Waals surface area contributed by atoms with E-state index in [1.807, 2.05) is 69.3 Å². The zero-order valence-electron chi connectivity index (χ0n) is 25.2. The highest BCUT2D eigenvalue weighted by Crippen LogP contribution is 2.35. The topological polar surface area (TPSA) is 116 Å². The van der Waals surface area contributed by atoms with Crippen molar-refractivity contribution in [3.05, 3.63) is 66.2 Å². The van der Waals surface area contributed by atoms with Gasteiger partial charge in [-0.2, -0.15) is 15.0 Å². The van der Waals surface area contributed by atoms with Gasteiger partial charge in [-0.3, -0.25) is 4.79 Å². The van der Waals surface area contributed by atoms with Crippen LogP contribution < -0.4 is 5.32 Å². The van der Waals surface area contributed by atoms with Crippen LogP contribution in [0.5, 0.6) is 0 Å². The SMILES string of the molecule is COC(=O)[C@@H]1C[C@@H]2CN1C(=O)[C@H](C(C)(C)C)NC(=O)OCCCC/C=C/c1cccc(c1)-c1nn2nc1-c1ccccc1. The number of hydrogen-bond donors (Lipinski definition) is 1. The highest BCUT2D eigenvalue weighted by Gasteiger charge is 2.46. The molecule has 0 aliphatic carbocycles. The predicted molar refractivity (Wildman–Crippen MR) is 163 cm³/mol. The number of carbonyl (C=O) groups is 3. The summed E-state index contributed by atoms with van der Waals surface area (Å²) in [5.74, 6) is -0.912. The summed E-state index contributed by atoms with van der Waals surface area (Å²) >= 11 is 0. The standard InChI is InChI=1S/C33H39N5O5/c1-33(2,3)29-30(39)37-21-25(20-26(37)31(40)42-4)38-35-27(23-15-9-7-10-16-23)28(36-38)24-17-12-14-22(19-24)13-8-5-6-11-18-43-32(41)34-29/h7-10,12-17,19,25-26,29H,5-6,11,18,20-21H2,1-4H3,(H,34,41)/b13-8+/t25-,26+,29-/m1/s1. The first kappa shape index (κ1) is 30.0. The van der Waals surface area contributed by atoms with Gasteiger partial charge in [-0.1, -0.05) is 81.5 Å². The molecule has 1 fully saturated rings. The molecule has 3 heterocycles. The molecule has 0 saturated carbocycles. The number of alkyl carbamates (subject to hydrolysis) is 1. The zero-order chi connectivity index (χ0) is 30.6. The molecule has 43 heavy (non-hydrogen) atoms. The van der Waals surface area contributed by atoms with Crippen molar-refractivity contribution in [2.24, 2.45) is 5.41 Å². The van der Waals surface area contributed by atoms with Crippen LogP contribution in [0.4, 0.5) is 4.79 Å². The van der Waals surface area contributed by atoms with Crippen molar-refractivity contribution >= 4 is 24.0 Å². The van der Waals surface area contributed by atoms with Crippen LogP contribution in [0.25, 0.3) is 28.6 Å². The van der Waals surface area contributed by atoms with Gasteiger partial charge < -0.3 is 19.7 Å². The van der Waals surface area contributed by atoms with Gasteiger partial charge in [0.1, 0.15) is 23.5 Å². The van der Waals surface area contributed by atoms with Crippen LogP contribution in [0.15, 0.2) is 60.7 Å². The van der Waals surface area contributed by atoms with E-state index in [2.05, 4.69) is 23.5 Å². The number of ether oxygens (including phenoxy) is 2. The summed E-state index contributed by atoms with van der Waals surface area (Å²) in [6.45, 7) is 6.01. The lowest BCUT2D eigenvalue weighted by molar-refractivity contribution is -0.152. The maximum atomic E-state index is 14.1. The predicted octanol–water partition coefficient (Wildman–Crippen LogP) is 5.27. The van der Waals surface area contributed by atoms with Crippen LogP contribution in [-0.4, -0.2) is 70.2 Å². The summed E-state index contributed by atoms with van der Waals surface area (Å²) in [5.41, 5.74) is 3.64. The Kier molecular flexibility index (Phi) is 8.94. The van der Waals surface area contributed by atoms with Crippen molar-refractivity contribution in [3.63, 3.8) is 0 Å². The normalized spacial score (nSPS) is 22.3. The van der Waals surface area contributed by atoms with E-state index in [4.69, 9.17) is 19.7 Å². The lowest BCUT2D eigenvalue weighted by atomic mass is 9.85.